The van der Waals surface area contributed by atoms with Gasteiger partial charge >= 0.3 is 0 Å². The monoisotopic (exact) mass is 247 g/mol. The highest BCUT2D eigenvalue weighted by molar-refractivity contribution is 5.27. The lowest BCUT2D eigenvalue weighted by Crippen LogP contribution is -2.04. The average Bonchev–Trinajstić information content (AvgIpc) is 2.86. The van der Waals surface area contributed by atoms with Crippen LogP contribution < -0.4 is 10.1 Å². The van der Waals surface area contributed by atoms with E-state index < -0.39 is 0 Å². The Morgan fingerprint density at radius 2 is 1.89 bits per heavy atom. The minimum atomic E-state index is 0.304. The van der Waals surface area contributed by atoms with E-state index in [1.54, 1.807) is 0 Å². The summed E-state index contributed by atoms with van der Waals surface area (Å²) in [5.41, 5.74) is 1.22. The molecule has 2 rings (SSSR count). The Bertz CT molecular complexity index is 479. The fraction of sp³-hybridized carbons (Fsp3) is 0.385. The van der Waals surface area contributed by atoms with Crippen LogP contribution in [0.15, 0.2) is 28.7 Å². The molecule has 0 bridgehead atoms. The van der Waals surface area contributed by atoms with Gasteiger partial charge in [0.1, 0.15) is 5.75 Å². The Balaban J connectivity index is 1.89. The number of rotatable bonds is 6. The molecule has 0 saturated carbocycles. The second-order valence-corrected chi connectivity index (χ2v) is 3.91. The molecule has 5 heteroatoms. The zero-order chi connectivity index (χ0) is 12.8. The first-order valence-electron chi connectivity index (χ1n) is 5.99. The van der Waals surface area contributed by atoms with Crippen molar-refractivity contribution in [3.8, 4) is 5.75 Å². The van der Waals surface area contributed by atoms with Gasteiger partial charge in [0.2, 0.25) is 5.89 Å². The second-order valence-electron chi connectivity index (χ2n) is 3.91. The summed E-state index contributed by atoms with van der Waals surface area (Å²) in [5, 5.41) is 10.9. The summed E-state index contributed by atoms with van der Waals surface area (Å²) in [6, 6.07) is 7.92. The van der Waals surface area contributed by atoms with Crippen LogP contribution in [0.3, 0.4) is 0 Å². The van der Waals surface area contributed by atoms with Crippen molar-refractivity contribution in [1.82, 2.24) is 15.5 Å². The Hall–Kier alpha value is -1.88. The van der Waals surface area contributed by atoms with Crippen LogP contribution in [0.1, 0.15) is 24.3 Å². The van der Waals surface area contributed by atoms with Gasteiger partial charge in [0.05, 0.1) is 0 Å². The minimum Gasteiger partial charge on any atom is -0.484 e. The number of ether oxygens (including phenoxy) is 1. The van der Waals surface area contributed by atoms with Crippen LogP contribution in [-0.4, -0.2) is 17.2 Å². The van der Waals surface area contributed by atoms with Crippen molar-refractivity contribution in [2.75, 3.05) is 7.05 Å². The Labute approximate surface area is 106 Å². The number of nitrogens with one attached hydrogen (secondary N) is 1. The fourth-order valence-corrected chi connectivity index (χ4v) is 1.54. The van der Waals surface area contributed by atoms with E-state index in [1.807, 2.05) is 38.2 Å². The van der Waals surface area contributed by atoms with Gasteiger partial charge in [0.25, 0.3) is 5.89 Å². The molecule has 0 saturated heterocycles. The number of aryl methyl sites for hydroxylation is 1. The standard InChI is InChI=1S/C13H17N3O2/c1-3-12-15-16-13(18-12)9-17-11-6-4-10(5-7-11)8-14-2/h4-7,14H,3,8-9H2,1-2H3. The van der Waals surface area contributed by atoms with Gasteiger partial charge in [-0.1, -0.05) is 19.1 Å². The molecule has 1 aromatic carbocycles. The van der Waals surface area contributed by atoms with Gasteiger partial charge in [0.15, 0.2) is 6.61 Å². The van der Waals surface area contributed by atoms with Gasteiger partial charge in [0, 0.05) is 13.0 Å². The first-order valence-corrected chi connectivity index (χ1v) is 5.99. The topological polar surface area (TPSA) is 60.2 Å². The first-order chi connectivity index (χ1) is 8.81. The third-order valence-electron chi connectivity index (χ3n) is 2.48. The zero-order valence-electron chi connectivity index (χ0n) is 10.6. The largest absolute Gasteiger partial charge is 0.484 e. The van der Waals surface area contributed by atoms with Gasteiger partial charge in [-0.05, 0) is 24.7 Å². The molecule has 1 N–H and O–H groups in total. The number of benzene rings is 1. The van der Waals surface area contributed by atoms with E-state index in [0.29, 0.717) is 18.4 Å². The Morgan fingerprint density at radius 1 is 1.17 bits per heavy atom. The van der Waals surface area contributed by atoms with E-state index in [9.17, 15) is 0 Å². The van der Waals surface area contributed by atoms with Crippen LogP contribution in [0, 0.1) is 0 Å². The smallest absolute Gasteiger partial charge is 0.253 e. The highest BCUT2D eigenvalue weighted by Crippen LogP contribution is 2.14. The van der Waals surface area contributed by atoms with Crippen LogP contribution in [-0.2, 0) is 19.6 Å². The minimum absolute atomic E-state index is 0.304. The zero-order valence-corrected chi connectivity index (χ0v) is 10.6. The molecule has 5 nitrogen and oxygen atoms in total. The number of hydrogen-bond acceptors (Lipinski definition) is 5. The molecule has 0 aliphatic heterocycles. The molecule has 0 radical (unpaired) electrons. The van der Waals surface area contributed by atoms with Gasteiger partial charge < -0.3 is 14.5 Å². The molecule has 0 fully saturated rings. The molecule has 1 aromatic heterocycles. The maximum absolute atomic E-state index is 5.57. The summed E-state index contributed by atoms with van der Waals surface area (Å²) in [7, 11) is 1.92. The highest BCUT2D eigenvalue weighted by Gasteiger charge is 2.04. The lowest BCUT2D eigenvalue weighted by atomic mass is 10.2. The quantitative estimate of drug-likeness (QED) is 0.845. The van der Waals surface area contributed by atoms with E-state index in [0.717, 1.165) is 18.7 Å². The molecule has 1 heterocycles. The molecular weight excluding hydrogens is 230 g/mol. The fourth-order valence-electron chi connectivity index (χ4n) is 1.54. The molecule has 96 valence electrons. The van der Waals surface area contributed by atoms with Crippen LogP contribution >= 0.6 is 0 Å². The van der Waals surface area contributed by atoms with Crippen LogP contribution in [0.2, 0.25) is 0 Å². The van der Waals surface area contributed by atoms with E-state index in [-0.39, 0.29) is 0 Å². The summed E-state index contributed by atoms with van der Waals surface area (Å²) < 4.78 is 10.9. The summed E-state index contributed by atoms with van der Waals surface area (Å²) in [6.07, 6.45) is 0.742. The van der Waals surface area contributed by atoms with Gasteiger partial charge in [-0.3, -0.25) is 0 Å². The van der Waals surface area contributed by atoms with Gasteiger partial charge in [-0.15, -0.1) is 10.2 Å². The molecule has 0 atom stereocenters. The van der Waals surface area contributed by atoms with Crippen molar-refractivity contribution in [3.63, 3.8) is 0 Å². The second kappa shape index (κ2) is 6.16. The lowest BCUT2D eigenvalue weighted by molar-refractivity contribution is 0.259. The number of nitrogens with zero attached hydrogens (tertiary/aromatic N) is 2. The van der Waals surface area contributed by atoms with E-state index in [4.69, 9.17) is 9.15 Å². The number of aromatic nitrogens is 2. The lowest BCUT2D eigenvalue weighted by Gasteiger charge is -2.04. The third-order valence-corrected chi connectivity index (χ3v) is 2.48. The van der Waals surface area contributed by atoms with Crippen molar-refractivity contribution >= 4 is 0 Å². The first kappa shape index (κ1) is 12.6. The average molecular weight is 247 g/mol. The molecule has 18 heavy (non-hydrogen) atoms. The Kier molecular flexibility index (Phi) is 4.30. The summed E-state index contributed by atoms with van der Waals surface area (Å²) in [4.78, 5) is 0. The van der Waals surface area contributed by atoms with Crippen molar-refractivity contribution in [3.05, 3.63) is 41.6 Å². The van der Waals surface area contributed by atoms with Crippen molar-refractivity contribution in [1.29, 1.82) is 0 Å². The summed E-state index contributed by atoms with van der Waals surface area (Å²) in [6.45, 7) is 3.13. The third kappa shape index (κ3) is 3.30. The molecule has 0 amide bonds. The van der Waals surface area contributed by atoms with Crippen molar-refractivity contribution in [2.24, 2.45) is 0 Å². The molecule has 0 spiro atoms. The normalized spacial score (nSPS) is 10.6. The van der Waals surface area contributed by atoms with Gasteiger partial charge in [-0.25, -0.2) is 0 Å². The molecule has 0 aliphatic carbocycles. The molecule has 2 aromatic rings. The maximum atomic E-state index is 5.57. The van der Waals surface area contributed by atoms with Crippen LogP contribution in [0.25, 0.3) is 0 Å². The van der Waals surface area contributed by atoms with Crippen LogP contribution in [0.5, 0.6) is 5.75 Å². The Morgan fingerprint density at radius 3 is 2.50 bits per heavy atom. The van der Waals surface area contributed by atoms with Crippen molar-refractivity contribution < 1.29 is 9.15 Å². The van der Waals surface area contributed by atoms with E-state index in [2.05, 4.69) is 15.5 Å². The predicted octanol–water partition coefficient (Wildman–Crippen LogP) is 1.93. The predicted molar refractivity (Wildman–Crippen MR) is 67.2 cm³/mol. The molecular formula is C13H17N3O2. The summed E-state index contributed by atoms with van der Waals surface area (Å²) >= 11 is 0. The summed E-state index contributed by atoms with van der Waals surface area (Å²) in [5.74, 6) is 1.94. The maximum Gasteiger partial charge on any atom is 0.253 e. The SMILES string of the molecule is CCc1nnc(COc2ccc(CNC)cc2)o1. The molecule has 0 unspecified atom stereocenters. The molecule has 0 aliphatic rings. The van der Waals surface area contributed by atoms with Gasteiger partial charge in [-0.2, -0.15) is 0 Å². The van der Waals surface area contributed by atoms with Crippen LogP contribution in [0.4, 0.5) is 0 Å². The number of hydrogen-bond donors (Lipinski definition) is 1. The van der Waals surface area contributed by atoms with E-state index in [1.165, 1.54) is 5.56 Å². The van der Waals surface area contributed by atoms with E-state index >= 15 is 0 Å². The highest BCUT2D eigenvalue weighted by atomic mass is 16.5. The van der Waals surface area contributed by atoms with Crippen molar-refractivity contribution in [2.45, 2.75) is 26.5 Å².